The average Bonchev–Trinajstić information content (AvgIpc) is 2.86. The Morgan fingerprint density at radius 2 is 0.875 bits per heavy atom. The van der Waals surface area contributed by atoms with Crippen molar-refractivity contribution in [3.63, 3.8) is 0 Å². The quantitative estimate of drug-likeness (QED) is 0.281. The maximum absolute atomic E-state index is 12.5. The van der Waals surface area contributed by atoms with Crippen molar-refractivity contribution in [2.45, 2.75) is 0 Å². The molecule has 0 amide bonds. The Morgan fingerprint density at radius 1 is 0.500 bits per heavy atom. The molecule has 0 N–H and O–H groups in total. The van der Waals surface area contributed by atoms with E-state index in [-0.39, 0.29) is 0 Å². The van der Waals surface area contributed by atoms with Gasteiger partial charge in [-0.1, -0.05) is 133 Å². The third kappa shape index (κ3) is 5.81. The molecule has 4 aromatic carbocycles. The molecule has 0 atom stereocenters. The lowest BCUT2D eigenvalue weighted by molar-refractivity contribution is 0.687. The van der Waals surface area contributed by atoms with E-state index in [1.165, 1.54) is 22.3 Å². The predicted octanol–water partition coefficient (Wildman–Crippen LogP) is 7.50. The van der Waals surface area contributed by atoms with Gasteiger partial charge in [0, 0.05) is 22.3 Å². The van der Waals surface area contributed by atoms with Gasteiger partial charge in [-0.15, -0.1) is 0 Å². The van der Waals surface area contributed by atoms with Crippen LogP contribution in [0.15, 0.2) is 121 Å². The normalized spacial score (nSPS) is 11.5. The van der Waals surface area contributed by atoms with Crippen LogP contribution in [0.3, 0.4) is 0 Å². The van der Waals surface area contributed by atoms with Crippen molar-refractivity contribution < 1.29 is 4.21 Å². The van der Waals surface area contributed by atoms with Gasteiger partial charge in [-0.25, -0.2) is 0 Å². The minimum Gasteiger partial charge on any atom is -0.259 e. The van der Waals surface area contributed by atoms with Crippen LogP contribution in [0.1, 0.15) is 11.1 Å². The lowest BCUT2D eigenvalue weighted by atomic mass is 9.99. The van der Waals surface area contributed by atoms with Crippen LogP contribution in [0.25, 0.3) is 34.4 Å². The topological polar surface area (TPSA) is 17.1 Å². The van der Waals surface area contributed by atoms with Crippen LogP contribution < -0.4 is 0 Å². The number of benzene rings is 4. The van der Waals surface area contributed by atoms with Crippen molar-refractivity contribution in [3.05, 3.63) is 132 Å². The van der Waals surface area contributed by atoms with Crippen molar-refractivity contribution in [3.8, 4) is 22.3 Å². The molecule has 158 valence electrons. The van der Waals surface area contributed by atoms with Gasteiger partial charge >= 0.3 is 0 Å². The first-order valence-corrected chi connectivity index (χ1v) is 12.3. The predicted molar refractivity (Wildman–Crippen MR) is 140 cm³/mol. The average molecular weight is 435 g/mol. The number of rotatable bonds is 8. The summed E-state index contributed by atoms with van der Waals surface area (Å²) in [6.07, 6.45) is 8.19. The lowest BCUT2D eigenvalue weighted by Gasteiger charge is -2.06. The Labute approximate surface area is 193 Å². The fraction of sp³-hybridized carbons (Fsp3) is 0.0667. The standard InChI is InChI=1S/C30H26OS/c31-32(23-11-19-27-17-7-9-21-29(27)25-13-3-1-4-14-25)24-12-20-28-18-8-10-22-30(28)26-15-5-2-6-16-26/h1-22H,23-24H2/b19-11+,20-12+. The molecule has 0 aliphatic heterocycles. The lowest BCUT2D eigenvalue weighted by Crippen LogP contribution is -1.97. The van der Waals surface area contributed by atoms with Crippen LogP contribution in [0.2, 0.25) is 0 Å². The zero-order valence-corrected chi connectivity index (χ0v) is 18.7. The molecular formula is C30H26OS. The molecule has 0 bridgehead atoms. The van der Waals surface area contributed by atoms with E-state index < -0.39 is 10.8 Å². The smallest absolute Gasteiger partial charge is 0.0421 e. The van der Waals surface area contributed by atoms with Crippen LogP contribution in [-0.4, -0.2) is 15.7 Å². The Kier molecular flexibility index (Phi) is 7.62. The first kappa shape index (κ1) is 21.7. The Morgan fingerprint density at radius 3 is 1.31 bits per heavy atom. The van der Waals surface area contributed by atoms with Gasteiger partial charge in [-0.3, -0.25) is 4.21 Å². The fourth-order valence-corrected chi connectivity index (χ4v) is 4.44. The summed E-state index contributed by atoms with van der Waals surface area (Å²) in [5.74, 6) is 1.07. The van der Waals surface area contributed by atoms with E-state index >= 15 is 0 Å². The molecule has 0 radical (unpaired) electrons. The van der Waals surface area contributed by atoms with Crippen LogP contribution in [0.5, 0.6) is 0 Å². The third-order valence-corrected chi connectivity index (χ3v) is 6.38. The second-order valence-electron chi connectivity index (χ2n) is 7.48. The Balaban J connectivity index is 1.38. The Hall–Kier alpha value is -3.49. The van der Waals surface area contributed by atoms with Gasteiger partial charge in [0.05, 0.1) is 0 Å². The molecular weight excluding hydrogens is 408 g/mol. The van der Waals surface area contributed by atoms with E-state index in [4.69, 9.17) is 0 Å². The summed E-state index contributed by atoms with van der Waals surface area (Å²) < 4.78 is 12.5. The molecule has 1 nitrogen and oxygen atoms in total. The minimum absolute atomic E-state index is 0.536. The van der Waals surface area contributed by atoms with Gasteiger partial charge in [-0.2, -0.15) is 0 Å². The van der Waals surface area contributed by atoms with Gasteiger partial charge in [0.2, 0.25) is 0 Å². The highest BCUT2D eigenvalue weighted by atomic mass is 32.2. The van der Waals surface area contributed by atoms with Gasteiger partial charge in [-0.05, 0) is 33.4 Å². The van der Waals surface area contributed by atoms with Crippen molar-refractivity contribution in [2.24, 2.45) is 0 Å². The minimum atomic E-state index is -0.943. The van der Waals surface area contributed by atoms with Crippen LogP contribution in [0, 0.1) is 0 Å². The molecule has 32 heavy (non-hydrogen) atoms. The summed E-state index contributed by atoms with van der Waals surface area (Å²) in [6.45, 7) is 0. The van der Waals surface area contributed by atoms with Crippen LogP contribution in [-0.2, 0) is 10.8 Å². The van der Waals surface area contributed by atoms with E-state index in [9.17, 15) is 4.21 Å². The third-order valence-electron chi connectivity index (χ3n) is 5.25. The maximum Gasteiger partial charge on any atom is 0.0421 e. The highest BCUT2D eigenvalue weighted by Crippen LogP contribution is 2.25. The molecule has 2 heteroatoms. The summed E-state index contributed by atoms with van der Waals surface area (Å²) in [4.78, 5) is 0. The zero-order chi connectivity index (χ0) is 22.0. The first-order chi connectivity index (χ1) is 15.8. The SMILES string of the molecule is O=S(C/C=C/c1ccccc1-c1ccccc1)C/C=C/c1ccccc1-c1ccccc1. The molecule has 0 spiro atoms. The molecule has 4 aromatic rings. The molecule has 0 unspecified atom stereocenters. The zero-order valence-electron chi connectivity index (χ0n) is 17.9. The van der Waals surface area contributed by atoms with Gasteiger partial charge in [0.25, 0.3) is 0 Å². The monoisotopic (exact) mass is 434 g/mol. The second-order valence-corrected chi connectivity index (χ2v) is 9.03. The summed E-state index contributed by atoms with van der Waals surface area (Å²) >= 11 is 0. The summed E-state index contributed by atoms with van der Waals surface area (Å²) in [5, 5.41) is 0. The van der Waals surface area contributed by atoms with E-state index in [1.807, 2.05) is 60.7 Å². The maximum atomic E-state index is 12.5. The molecule has 0 aliphatic carbocycles. The van der Waals surface area contributed by atoms with Crippen molar-refractivity contribution in [1.82, 2.24) is 0 Å². The molecule has 0 fully saturated rings. The van der Waals surface area contributed by atoms with Gasteiger partial charge in [0.15, 0.2) is 0 Å². The fourth-order valence-electron chi connectivity index (χ4n) is 3.68. The molecule has 0 aromatic heterocycles. The van der Waals surface area contributed by atoms with E-state index in [0.29, 0.717) is 11.5 Å². The number of hydrogen-bond acceptors (Lipinski definition) is 1. The largest absolute Gasteiger partial charge is 0.259 e. The highest BCUT2D eigenvalue weighted by Gasteiger charge is 2.03. The van der Waals surface area contributed by atoms with Crippen LogP contribution >= 0.6 is 0 Å². The number of hydrogen-bond donors (Lipinski definition) is 0. The molecule has 4 rings (SSSR count). The van der Waals surface area contributed by atoms with E-state index in [1.54, 1.807) is 0 Å². The Bertz CT molecular complexity index is 1130. The summed E-state index contributed by atoms with van der Waals surface area (Å²) in [5.41, 5.74) is 7.04. The molecule has 0 aliphatic rings. The van der Waals surface area contributed by atoms with Crippen molar-refractivity contribution in [2.75, 3.05) is 11.5 Å². The highest BCUT2D eigenvalue weighted by molar-refractivity contribution is 7.85. The van der Waals surface area contributed by atoms with Gasteiger partial charge < -0.3 is 0 Å². The van der Waals surface area contributed by atoms with Crippen molar-refractivity contribution >= 4 is 23.0 Å². The summed E-state index contributed by atoms with van der Waals surface area (Å²) in [6, 6.07) is 37.3. The molecule has 0 heterocycles. The van der Waals surface area contributed by atoms with Gasteiger partial charge in [0.1, 0.15) is 0 Å². The molecule has 0 saturated heterocycles. The van der Waals surface area contributed by atoms with Crippen LogP contribution in [0.4, 0.5) is 0 Å². The summed E-state index contributed by atoms with van der Waals surface area (Å²) in [7, 11) is -0.943. The second kappa shape index (κ2) is 11.2. The van der Waals surface area contributed by atoms with Crippen molar-refractivity contribution in [1.29, 1.82) is 0 Å². The van der Waals surface area contributed by atoms with E-state index in [0.717, 1.165) is 11.1 Å². The first-order valence-electron chi connectivity index (χ1n) is 10.8. The molecule has 0 saturated carbocycles. The van der Waals surface area contributed by atoms with E-state index in [2.05, 4.69) is 72.8 Å².